The third kappa shape index (κ3) is 4.75. The molecular weight excluding hydrogens is 272 g/mol. The van der Waals surface area contributed by atoms with Gasteiger partial charge in [-0.2, -0.15) is 0 Å². The average molecular weight is 294 g/mol. The van der Waals surface area contributed by atoms with E-state index in [-0.39, 0.29) is 29.3 Å². The second-order valence-corrected chi connectivity index (χ2v) is 5.95. The summed E-state index contributed by atoms with van der Waals surface area (Å²) in [6.45, 7) is 5.86. The maximum absolute atomic E-state index is 12.0. The fourth-order valence-corrected chi connectivity index (χ4v) is 1.65. The predicted octanol–water partition coefficient (Wildman–Crippen LogP) is 2.10. The number of carbonyl (C=O) groups is 2. The van der Waals surface area contributed by atoms with E-state index in [1.807, 2.05) is 20.8 Å². The highest BCUT2D eigenvalue weighted by Gasteiger charge is 2.23. The molecule has 0 aliphatic heterocycles. The van der Waals surface area contributed by atoms with Crippen LogP contribution in [0.2, 0.25) is 0 Å². The van der Waals surface area contributed by atoms with E-state index in [0.29, 0.717) is 11.4 Å². The minimum Gasteiger partial charge on any atom is -0.495 e. The highest BCUT2D eigenvalue weighted by atomic mass is 16.5. The lowest BCUT2D eigenvalue weighted by molar-refractivity contribution is -0.117. The summed E-state index contributed by atoms with van der Waals surface area (Å²) in [6.07, 6.45) is 0.143. The first-order valence-electron chi connectivity index (χ1n) is 6.62. The first-order valence-corrected chi connectivity index (χ1v) is 6.62. The van der Waals surface area contributed by atoms with Crippen molar-refractivity contribution in [3.05, 3.63) is 23.8 Å². The van der Waals surface area contributed by atoms with E-state index in [2.05, 4.69) is 5.32 Å². The molecule has 0 spiro atoms. The molecule has 1 amide bonds. The molecule has 0 aliphatic rings. The molecule has 21 heavy (non-hydrogen) atoms. The Hall–Kier alpha value is -2.08. The van der Waals surface area contributed by atoms with Crippen molar-refractivity contribution in [3.63, 3.8) is 0 Å². The van der Waals surface area contributed by atoms with E-state index in [0.717, 1.165) is 0 Å². The lowest BCUT2D eigenvalue weighted by Crippen LogP contribution is -2.38. The van der Waals surface area contributed by atoms with Crippen molar-refractivity contribution in [1.29, 1.82) is 0 Å². The van der Waals surface area contributed by atoms with Gasteiger partial charge in [-0.25, -0.2) is 4.79 Å². The summed E-state index contributed by atoms with van der Waals surface area (Å²) in [5, 5.41) is 11.6. The number of amides is 1. The standard InChI is InChI=1S/C15H22N2O4/c1-15(2,3)12(16)8-13(18)17-10-7-9(14(19)20)5-6-11(10)21-4/h5-7,12H,8,16H2,1-4H3,(H,17,18)(H,19,20). The van der Waals surface area contributed by atoms with Crippen LogP contribution in [-0.4, -0.2) is 30.1 Å². The molecule has 0 fully saturated rings. The Labute approximate surface area is 124 Å². The number of anilines is 1. The first-order chi connectivity index (χ1) is 9.65. The molecule has 0 heterocycles. The molecule has 0 aromatic heterocycles. The van der Waals surface area contributed by atoms with E-state index >= 15 is 0 Å². The van der Waals surface area contributed by atoms with Crippen molar-refractivity contribution >= 4 is 17.6 Å². The number of carboxylic acid groups (broad SMARTS) is 1. The molecule has 6 heteroatoms. The van der Waals surface area contributed by atoms with Gasteiger partial charge in [0.2, 0.25) is 5.91 Å². The number of hydrogen-bond acceptors (Lipinski definition) is 4. The number of nitrogens with two attached hydrogens (primary N) is 1. The highest BCUT2D eigenvalue weighted by molar-refractivity contribution is 5.95. The zero-order valence-corrected chi connectivity index (χ0v) is 12.8. The molecule has 1 unspecified atom stereocenters. The molecule has 1 atom stereocenters. The number of methoxy groups -OCH3 is 1. The van der Waals surface area contributed by atoms with Crippen molar-refractivity contribution in [3.8, 4) is 5.75 Å². The second kappa shape index (κ2) is 6.58. The highest BCUT2D eigenvalue weighted by Crippen LogP contribution is 2.26. The van der Waals surface area contributed by atoms with Gasteiger partial charge in [-0.3, -0.25) is 4.79 Å². The number of aromatic carboxylic acids is 1. The van der Waals surface area contributed by atoms with E-state index in [1.54, 1.807) is 0 Å². The van der Waals surface area contributed by atoms with Crippen LogP contribution in [0.5, 0.6) is 5.75 Å². The van der Waals surface area contributed by atoms with Crippen LogP contribution < -0.4 is 15.8 Å². The summed E-state index contributed by atoms with van der Waals surface area (Å²) in [5.41, 5.74) is 6.18. The zero-order valence-electron chi connectivity index (χ0n) is 12.8. The molecule has 4 N–H and O–H groups in total. The topological polar surface area (TPSA) is 102 Å². The largest absolute Gasteiger partial charge is 0.495 e. The molecule has 0 bridgehead atoms. The van der Waals surface area contributed by atoms with Gasteiger partial charge in [0, 0.05) is 12.5 Å². The number of carbonyl (C=O) groups excluding carboxylic acids is 1. The lowest BCUT2D eigenvalue weighted by Gasteiger charge is -2.26. The van der Waals surface area contributed by atoms with Gasteiger partial charge in [0.15, 0.2) is 0 Å². The minimum absolute atomic E-state index is 0.0752. The smallest absolute Gasteiger partial charge is 0.335 e. The Morgan fingerprint density at radius 1 is 1.38 bits per heavy atom. The molecule has 1 aromatic rings. The molecule has 0 radical (unpaired) electrons. The van der Waals surface area contributed by atoms with E-state index < -0.39 is 5.97 Å². The van der Waals surface area contributed by atoms with Crippen molar-refractivity contribution in [2.24, 2.45) is 11.1 Å². The Bertz CT molecular complexity index is 535. The number of hydrogen-bond donors (Lipinski definition) is 3. The summed E-state index contributed by atoms with van der Waals surface area (Å²) < 4.78 is 5.11. The lowest BCUT2D eigenvalue weighted by atomic mass is 9.85. The maximum Gasteiger partial charge on any atom is 0.335 e. The monoisotopic (exact) mass is 294 g/mol. The Morgan fingerprint density at radius 3 is 2.48 bits per heavy atom. The van der Waals surface area contributed by atoms with Crippen molar-refractivity contribution < 1.29 is 19.4 Å². The van der Waals surface area contributed by atoms with Crippen LogP contribution in [-0.2, 0) is 4.79 Å². The van der Waals surface area contributed by atoms with E-state index in [4.69, 9.17) is 15.6 Å². The molecule has 6 nitrogen and oxygen atoms in total. The minimum atomic E-state index is -1.07. The van der Waals surface area contributed by atoms with E-state index in [9.17, 15) is 9.59 Å². The third-order valence-corrected chi connectivity index (χ3v) is 3.24. The van der Waals surface area contributed by atoms with Crippen LogP contribution in [0.1, 0.15) is 37.6 Å². The number of carboxylic acids is 1. The van der Waals surface area contributed by atoms with Crippen LogP contribution >= 0.6 is 0 Å². The Morgan fingerprint density at radius 2 is 2.00 bits per heavy atom. The Balaban J connectivity index is 2.88. The molecular formula is C15H22N2O4. The van der Waals surface area contributed by atoms with Crippen LogP contribution in [0, 0.1) is 5.41 Å². The van der Waals surface area contributed by atoms with Gasteiger partial charge in [-0.05, 0) is 23.6 Å². The summed E-state index contributed by atoms with van der Waals surface area (Å²) in [4.78, 5) is 23.0. The molecule has 1 aromatic carbocycles. The van der Waals surface area contributed by atoms with Crippen LogP contribution in [0.3, 0.4) is 0 Å². The number of ether oxygens (including phenoxy) is 1. The van der Waals surface area contributed by atoms with Crippen LogP contribution in [0.25, 0.3) is 0 Å². The maximum atomic E-state index is 12.0. The molecule has 1 rings (SSSR count). The number of nitrogens with one attached hydrogen (secondary N) is 1. The number of rotatable bonds is 5. The summed E-state index contributed by atoms with van der Waals surface area (Å²) >= 11 is 0. The molecule has 116 valence electrons. The summed E-state index contributed by atoms with van der Waals surface area (Å²) in [7, 11) is 1.45. The van der Waals surface area contributed by atoms with Gasteiger partial charge in [0.25, 0.3) is 0 Å². The Kier molecular flexibility index (Phi) is 5.32. The van der Waals surface area contributed by atoms with Crippen molar-refractivity contribution in [2.45, 2.75) is 33.2 Å². The van der Waals surface area contributed by atoms with Gasteiger partial charge in [-0.15, -0.1) is 0 Å². The van der Waals surface area contributed by atoms with Gasteiger partial charge < -0.3 is 20.9 Å². The average Bonchev–Trinajstić information content (AvgIpc) is 2.37. The fourth-order valence-electron chi connectivity index (χ4n) is 1.65. The van der Waals surface area contributed by atoms with Crippen molar-refractivity contribution in [2.75, 3.05) is 12.4 Å². The van der Waals surface area contributed by atoms with Crippen molar-refractivity contribution in [1.82, 2.24) is 0 Å². The quantitative estimate of drug-likeness (QED) is 0.772. The fraction of sp³-hybridized carbons (Fsp3) is 0.467. The molecule has 0 aliphatic carbocycles. The third-order valence-electron chi connectivity index (χ3n) is 3.24. The zero-order chi connectivity index (χ0) is 16.2. The predicted molar refractivity (Wildman–Crippen MR) is 80.6 cm³/mol. The van der Waals surface area contributed by atoms with E-state index in [1.165, 1.54) is 25.3 Å². The van der Waals surface area contributed by atoms with Crippen LogP contribution in [0.4, 0.5) is 5.69 Å². The first kappa shape index (κ1) is 17.0. The molecule has 0 saturated carbocycles. The van der Waals surface area contributed by atoms with Crippen LogP contribution in [0.15, 0.2) is 18.2 Å². The van der Waals surface area contributed by atoms with Gasteiger partial charge in [0.1, 0.15) is 5.75 Å². The van der Waals surface area contributed by atoms with Gasteiger partial charge >= 0.3 is 5.97 Å². The summed E-state index contributed by atoms with van der Waals surface area (Å²) in [6, 6.07) is 3.98. The number of benzene rings is 1. The second-order valence-electron chi connectivity index (χ2n) is 5.95. The normalized spacial score (nSPS) is 12.6. The van der Waals surface area contributed by atoms with Gasteiger partial charge in [-0.1, -0.05) is 20.8 Å². The summed E-state index contributed by atoms with van der Waals surface area (Å²) in [5.74, 6) is -0.949. The van der Waals surface area contributed by atoms with Gasteiger partial charge in [0.05, 0.1) is 18.4 Å². The SMILES string of the molecule is COc1ccc(C(=O)O)cc1NC(=O)CC(N)C(C)(C)C. The molecule has 0 saturated heterocycles.